The van der Waals surface area contributed by atoms with Gasteiger partial charge in [-0.05, 0) is 74.6 Å². The fraction of sp³-hybridized carbons (Fsp3) is 0.781. The van der Waals surface area contributed by atoms with Gasteiger partial charge in [-0.25, -0.2) is 9.09 Å². The highest BCUT2D eigenvalue weighted by atomic mass is 31.2. The van der Waals surface area contributed by atoms with E-state index in [0.29, 0.717) is 48.7 Å². The summed E-state index contributed by atoms with van der Waals surface area (Å²) in [6.07, 6.45) is 10.1. The van der Waals surface area contributed by atoms with Crippen LogP contribution in [0.1, 0.15) is 89.5 Å². The van der Waals surface area contributed by atoms with Gasteiger partial charge >= 0.3 is 13.8 Å². The number of aliphatic hydroxyl groups is 2. The minimum absolute atomic E-state index is 0.116. The number of hydrogen-bond donors (Lipinski definition) is 4. The van der Waals surface area contributed by atoms with Gasteiger partial charge in [-0.2, -0.15) is 0 Å². The van der Waals surface area contributed by atoms with Gasteiger partial charge in [0.15, 0.2) is 6.79 Å². The number of esters is 1. The van der Waals surface area contributed by atoms with E-state index in [-0.39, 0.29) is 36.3 Å². The quantitative estimate of drug-likeness (QED) is 0.0488. The summed E-state index contributed by atoms with van der Waals surface area (Å²) in [6.45, 7) is 3.32. The molecule has 11 nitrogen and oxygen atoms in total. The molecule has 1 saturated heterocycles. The largest absolute Gasteiger partial charge is 0.472 e. The molecule has 2 fully saturated rings. The number of aliphatic hydroxyl groups excluding tert-OH is 2. The lowest BCUT2D eigenvalue weighted by atomic mass is 9.85. The highest BCUT2D eigenvalue weighted by molar-refractivity contribution is 7.46. The number of hydrogen-bond acceptors (Lipinski definition) is 8. The molecular weight excluding hydrogens is 589 g/mol. The van der Waals surface area contributed by atoms with Gasteiger partial charge in [0.05, 0.1) is 38.5 Å². The first-order valence-electron chi connectivity index (χ1n) is 16.3. The average Bonchev–Trinajstić information content (AvgIpc) is 3.46. The van der Waals surface area contributed by atoms with Crippen molar-refractivity contribution in [1.82, 2.24) is 0 Å². The van der Waals surface area contributed by atoms with Crippen molar-refractivity contribution < 1.29 is 52.6 Å². The lowest BCUT2D eigenvalue weighted by Gasteiger charge is -2.29. The van der Waals surface area contributed by atoms with Crippen LogP contribution in [0, 0.1) is 11.8 Å². The van der Waals surface area contributed by atoms with E-state index >= 15 is 0 Å². The number of quaternary nitrogens is 1. The predicted molar refractivity (Wildman–Crippen MR) is 165 cm³/mol. The first-order chi connectivity index (χ1) is 20.8. The Balaban J connectivity index is 1.26. The molecule has 1 aliphatic heterocycles. The van der Waals surface area contributed by atoms with Crippen LogP contribution in [-0.4, -0.2) is 88.9 Å². The number of nitrogens with zero attached hydrogens (tertiary/aromatic N) is 1. The molecule has 0 aromatic heterocycles. The molecule has 12 heteroatoms. The van der Waals surface area contributed by atoms with Crippen LogP contribution in [-0.2, 0) is 29.9 Å². The lowest BCUT2D eigenvalue weighted by Crippen LogP contribution is -2.41. The van der Waals surface area contributed by atoms with E-state index in [1.807, 2.05) is 12.1 Å². The molecule has 0 bridgehead atoms. The Bertz CT molecular complexity index is 1030. The molecule has 1 unspecified atom stereocenters. The van der Waals surface area contributed by atoms with Crippen LogP contribution in [0.3, 0.4) is 0 Å². The van der Waals surface area contributed by atoms with Gasteiger partial charge < -0.3 is 38.7 Å². The summed E-state index contributed by atoms with van der Waals surface area (Å²) >= 11 is 0. The maximum absolute atomic E-state index is 12.3. The molecule has 0 spiro atoms. The summed E-state index contributed by atoms with van der Waals surface area (Å²) in [4.78, 5) is 29.8. The molecule has 0 amide bonds. The van der Waals surface area contributed by atoms with Gasteiger partial charge in [0.1, 0.15) is 25.4 Å². The van der Waals surface area contributed by atoms with Gasteiger partial charge in [-0.1, -0.05) is 32.6 Å². The van der Waals surface area contributed by atoms with Crippen molar-refractivity contribution in [2.24, 2.45) is 11.8 Å². The molecule has 0 radical (unpaired) electrons. The van der Waals surface area contributed by atoms with Crippen LogP contribution in [0.4, 0.5) is 0 Å². The minimum atomic E-state index is -4.57. The van der Waals surface area contributed by atoms with Crippen molar-refractivity contribution in [3.05, 3.63) is 29.8 Å². The lowest BCUT2D eigenvalue weighted by molar-refractivity contribution is -0.903. The van der Waals surface area contributed by atoms with E-state index in [9.17, 15) is 19.6 Å². The zero-order chi connectivity index (χ0) is 32.2. The van der Waals surface area contributed by atoms with Crippen molar-refractivity contribution in [3.63, 3.8) is 0 Å². The Morgan fingerprint density at radius 3 is 2.52 bits per heavy atom. The number of phosphoric acid groups is 1. The number of carbonyl (C=O) groups is 1. The number of benzene rings is 1. The molecule has 1 saturated carbocycles. The van der Waals surface area contributed by atoms with Crippen molar-refractivity contribution in [2.45, 2.75) is 115 Å². The third kappa shape index (κ3) is 13.4. The molecule has 1 aromatic rings. The summed E-state index contributed by atoms with van der Waals surface area (Å²) in [6, 6.07) is 7.18. The molecule has 4 N–H and O–H groups in total. The highest BCUT2D eigenvalue weighted by Gasteiger charge is 2.48. The molecule has 2 aliphatic rings. The maximum atomic E-state index is 12.3. The molecule has 1 heterocycles. The summed E-state index contributed by atoms with van der Waals surface area (Å²) in [7, 11) is -0.452. The van der Waals surface area contributed by atoms with Crippen LogP contribution >= 0.6 is 7.82 Å². The topological polar surface area (TPSA) is 152 Å². The molecular formula is C32H55NO10P+. The number of fused-ring (bicyclic) bond motifs is 1. The minimum Gasteiger partial charge on any atom is -0.467 e. The fourth-order valence-electron chi connectivity index (χ4n) is 6.54. The molecule has 252 valence electrons. The number of carbonyl (C=O) groups excluding carboxylic acids is 1. The molecule has 44 heavy (non-hydrogen) atoms. The first-order valence-corrected chi connectivity index (χ1v) is 17.8. The fourth-order valence-corrected chi connectivity index (χ4v) is 6.73. The molecule has 1 aliphatic carbocycles. The molecule has 3 rings (SSSR count). The predicted octanol–water partition coefficient (Wildman–Crippen LogP) is 4.69. The monoisotopic (exact) mass is 644 g/mol. The highest BCUT2D eigenvalue weighted by Crippen LogP contribution is 2.46. The molecule has 1 aromatic carbocycles. The summed E-state index contributed by atoms with van der Waals surface area (Å²) in [5.41, 5.74) is 1.05. The summed E-state index contributed by atoms with van der Waals surface area (Å²) in [5.74, 6) is 0.829. The van der Waals surface area contributed by atoms with E-state index in [0.717, 1.165) is 69.8 Å². The number of unbranched alkanes of at least 4 members (excludes halogenated alkanes) is 3. The van der Waals surface area contributed by atoms with Crippen LogP contribution in [0.5, 0.6) is 5.75 Å². The van der Waals surface area contributed by atoms with Crippen molar-refractivity contribution in [1.29, 1.82) is 0 Å². The van der Waals surface area contributed by atoms with Gasteiger partial charge in [-0.3, -0.25) is 4.79 Å². The second-order valence-electron chi connectivity index (χ2n) is 13.2. The van der Waals surface area contributed by atoms with Gasteiger partial charge in [0.25, 0.3) is 0 Å². The van der Waals surface area contributed by atoms with Gasteiger partial charge in [-0.15, -0.1) is 0 Å². The third-order valence-electron chi connectivity index (χ3n) is 8.97. The standard InChI is InChI=1S/C32H54NO10P/c1-4-5-6-9-25(34)14-17-28-29-20-27(43-31(29)21-30(28)35)10-7-8-11-32(36)40-19-18-33(2,3)22-24-12-15-26(16-13-24)41-23-42-44(37,38)39/h12-13,15-16,25,27-31,34-35H,4-11,14,17-23H2,1-3H3,(H-,37,38,39)/p+1/t25-,27?,28+,29+,30+,31-/m0/s1. The number of rotatable bonds is 21. The number of likely N-dealkylation sites (N-methyl/N-ethyl adjacent to an activating group) is 1. The Labute approximate surface area is 262 Å². The van der Waals surface area contributed by atoms with Gasteiger partial charge in [0, 0.05) is 18.4 Å². The van der Waals surface area contributed by atoms with E-state index in [1.165, 1.54) is 0 Å². The summed E-state index contributed by atoms with van der Waals surface area (Å²) in [5, 5.41) is 20.9. The Morgan fingerprint density at radius 2 is 1.82 bits per heavy atom. The van der Waals surface area contributed by atoms with Gasteiger partial charge in [0.2, 0.25) is 0 Å². The number of ether oxygens (including phenoxy) is 3. The third-order valence-corrected chi connectivity index (χ3v) is 9.41. The zero-order valence-electron chi connectivity index (χ0n) is 26.7. The van der Waals surface area contributed by atoms with Crippen LogP contribution in [0.2, 0.25) is 0 Å². The SMILES string of the molecule is CCCCC[C@H](O)CC[C@@H]1[C@H]2CC(CCCCC(=O)OCC[N+](C)(C)Cc3ccc(OCOP(=O)(O)O)cc3)O[C@H]2C[C@H]1O. The van der Waals surface area contributed by atoms with Crippen molar-refractivity contribution in [2.75, 3.05) is 34.0 Å². The second kappa shape index (κ2) is 18.0. The Morgan fingerprint density at radius 1 is 1.07 bits per heavy atom. The second-order valence-corrected chi connectivity index (χ2v) is 14.4. The average molecular weight is 645 g/mol. The first kappa shape index (κ1) is 36.9. The Kier molecular flexibility index (Phi) is 15.1. The van der Waals surface area contributed by atoms with Crippen molar-refractivity contribution >= 4 is 13.8 Å². The van der Waals surface area contributed by atoms with Crippen LogP contribution in [0.25, 0.3) is 0 Å². The van der Waals surface area contributed by atoms with Crippen molar-refractivity contribution in [3.8, 4) is 5.75 Å². The van der Waals surface area contributed by atoms with E-state index in [2.05, 4.69) is 25.5 Å². The normalized spacial score (nSPS) is 24.3. The zero-order valence-corrected chi connectivity index (χ0v) is 27.6. The summed E-state index contributed by atoms with van der Waals surface area (Å²) < 4.78 is 32.6. The smallest absolute Gasteiger partial charge is 0.467 e. The maximum Gasteiger partial charge on any atom is 0.472 e. The van der Waals surface area contributed by atoms with Crippen LogP contribution in [0.15, 0.2) is 24.3 Å². The molecule has 6 atom stereocenters. The van der Waals surface area contributed by atoms with Crippen LogP contribution < -0.4 is 4.74 Å². The van der Waals surface area contributed by atoms with E-state index < -0.39 is 14.6 Å². The Hall–Kier alpha value is -1.56. The van der Waals surface area contributed by atoms with E-state index in [4.69, 9.17) is 24.0 Å². The van der Waals surface area contributed by atoms with E-state index in [1.54, 1.807) is 12.1 Å². The number of phosphoric ester groups is 1.